The first-order valence-corrected chi connectivity index (χ1v) is 11.8. The highest BCUT2D eigenvalue weighted by atomic mass is 16.5. The monoisotopic (exact) mass is 508 g/mol. The van der Waals surface area contributed by atoms with Gasteiger partial charge in [0.05, 0.1) is 14.2 Å². The summed E-state index contributed by atoms with van der Waals surface area (Å²) >= 11 is 0. The fourth-order valence-corrected chi connectivity index (χ4v) is 3.93. The predicted molar refractivity (Wildman–Crippen MR) is 138 cm³/mol. The molecule has 1 saturated heterocycles. The summed E-state index contributed by atoms with van der Waals surface area (Å²) in [6.45, 7) is 6.07. The Balaban J connectivity index is 0.000000568. The number of rotatable bonds is 8. The van der Waals surface area contributed by atoms with E-state index in [1.807, 2.05) is 42.5 Å². The Kier molecular flexibility index (Phi) is 10.3. The second-order valence-electron chi connectivity index (χ2n) is 8.41. The number of nitrogens with zero attached hydrogens (tertiary/aromatic N) is 2. The number of hydrogen-bond donors (Lipinski definition) is 2. The Morgan fingerprint density at radius 2 is 1.22 bits per heavy atom. The predicted octanol–water partition coefficient (Wildman–Crippen LogP) is 3.97. The molecule has 0 spiro atoms. The fourth-order valence-electron chi connectivity index (χ4n) is 3.93. The summed E-state index contributed by atoms with van der Waals surface area (Å²) in [6, 6.07) is 24.5. The van der Waals surface area contributed by atoms with Crippen LogP contribution in [0.3, 0.4) is 0 Å². The number of carboxylic acid groups (broad SMARTS) is 2. The highest BCUT2D eigenvalue weighted by Crippen LogP contribution is 2.28. The van der Waals surface area contributed by atoms with Crippen molar-refractivity contribution in [3.63, 3.8) is 0 Å². The molecular formula is C28H32N2O7. The maximum atomic E-state index is 9.10. The van der Waals surface area contributed by atoms with Gasteiger partial charge in [-0.05, 0) is 47.5 Å². The third kappa shape index (κ3) is 8.82. The van der Waals surface area contributed by atoms with Crippen molar-refractivity contribution in [2.24, 2.45) is 0 Å². The van der Waals surface area contributed by atoms with Crippen molar-refractivity contribution in [2.45, 2.75) is 13.1 Å². The van der Waals surface area contributed by atoms with Crippen LogP contribution in [-0.4, -0.2) is 72.4 Å². The molecule has 3 aromatic carbocycles. The van der Waals surface area contributed by atoms with Gasteiger partial charge >= 0.3 is 11.9 Å². The minimum absolute atomic E-state index is 0.773. The molecule has 0 atom stereocenters. The topological polar surface area (TPSA) is 109 Å². The molecule has 0 unspecified atom stereocenters. The molecule has 1 heterocycles. The molecule has 37 heavy (non-hydrogen) atoms. The quantitative estimate of drug-likeness (QED) is 0.437. The summed E-state index contributed by atoms with van der Waals surface area (Å²) in [6.07, 6.45) is 0. The summed E-state index contributed by atoms with van der Waals surface area (Å²) in [4.78, 5) is 23.2. The number of piperazine rings is 1. The standard InChI is InChI=1S/C26H30N2O3.C2H2O4/c1-29-25-12-11-22(18-26(25)30-2)20-28-15-13-27(14-16-28)19-21-7-6-10-24(17-21)31-23-8-4-3-5-9-23;3-1(4)2(5)6/h3-12,17-18H,13-16,19-20H2,1-2H3;(H,3,4)(H,5,6). The van der Waals surface area contributed by atoms with Crippen molar-refractivity contribution in [3.05, 3.63) is 83.9 Å². The van der Waals surface area contributed by atoms with Gasteiger partial charge < -0.3 is 24.4 Å². The van der Waals surface area contributed by atoms with Gasteiger partial charge in [-0.15, -0.1) is 0 Å². The first-order valence-electron chi connectivity index (χ1n) is 11.8. The normalized spacial score (nSPS) is 13.7. The Morgan fingerprint density at radius 3 is 1.76 bits per heavy atom. The molecule has 1 aliphatic heterocycles. The molecule has 0 aromatic heterocycles. The number of carbonyl (C=O) groups is 2. The largest absolute Gasteiger partial charge is 0.493 e. The molecule has 3 aromatic rings. The molecule has 0 amide bonds. The molecule has 4 rings (SSSR count). The van der Waals surface area contributed by atoms with Crippen molar-refractivity contribution in [3.8, 4) is 23.0 Å². The minimum Gasteiger partial charge on any atom is -0.493 e. The number of methoxy groups -OCH3 is 2. The molecule has 1 fully saturated rings. The van der Waals surface area contributed by atoms with Gasteiger partial charge in [0.15, 0.2) is 11.5 Å². The van der Waals surface area contributed by atoms with E-state index in [9.17, 15) is 0 Å². The maximum absolute atomic E-state index is 9.10. The SMILES string of the molecule is COc1ccc(CN2CCN(Cc3cccc(Oc4ccccc4)c3)CC2)cc1OC.O=C(O)C(=O)O. The Labute approximate surface area is 216 Å². The van der Waals surface area contributed by atoms with Crippen molar-refractivity contribution >= 4 is 11.9 Å². The van der Waals surface area contributed by atoms with E-state index in [0.717, 1.165) is 62.3 Å². The number of aliphatic carboxylic acids is 2. The van der Waals surface area contributed by atoms with E-state index in [0.29, 0.717) is 0 Å². The van der Waals surface area contributed by atoms with Crippen molar-refractivity contribution in [2.75, 3.05) is 40.4 Å². The maximum Gasteiger partial charge on any atom is 0.414 e. The van der Waals surface area contributed by atoms with Crippen LogP contribution < -0.4 is 14.2 Å². The van der Waals surface area contributed by atoms with E-state index in [1.54, 1.807) is 14.2 Å². The van der Waals surface area contributed by atoms with Crippen LogP contribution in [0.15, 0.2) is 72.8 Å². The van der Waals surface area contributed by atoms with Gasteiger partial charge in [0, 0.05) is 39.3 Å². The third-order valence-electron chi connectivity index (χ3n) is 5.79. The van der Waals surface area contributed by atoms with E-state index < -0.39 is 11.9 Å². The Bertz CT molecular complexity index is 1150. The van der Waals surface area contributed by atoms with Gasteiger partial charge in [-0.25, -0.2) is 9.59 Å². The lowest BCUT2D eigenvalue weighted by molar-refractivity contribution is -0.159. The van der Waals surface area contributed by atoms with E-state index in [4.69, 9.17) is 34.0 Å². The van der Waals surface area contributed by atoms with E-state index in [1.165, 1.54) is 11.1 Å². The van der Waals surface area contributed by atoms with Crippen LogP contribution in [0.5, 0.6) is 23.0 Å². The molecule has 9 nitrogen and oxygen atoms in total. The third-order valence-corrected chi connectivity index (χ3v) is 5.79. The zero-order chi connectivity index (χ0) is 26.6. The number of carboxylic acids is 2. The molecule has 1 aliphatic rings. The number of benzene rings is 3. The zero-order valence-corrected chi connectivity index (χ0v) is 21.0. The summed E-state index contributed by atoms with van der Waals surface area (Å²) in [5.41, 5.74) is 2.53. The average Bonchev–Trinajstić information content (AvgIpc) is 2.91. The highest BCUT2D eigenvalue weighted by molar-refractivity contribution is 6.27. The van der Waals surface area contributed by atoms with E-state index in [2.05, 4.69) is 40.1 Å². The van der Waals surface area contributed by atoms with Crippen LogP contribution >= 0.6 is 0 Å². The lowest BCUT2D eigenvalue weighted by Crippen LogP contribution is -2.45. The summed E-state index contributed by atoms with van der Waals surface area (Å²) in [5.74, 6) is -0.338. The molecule has 0 saturated carbocycles. The van der Waals surface area contributed by atoms with Crippen LogP contribution in [-0.2, 0) is 22.7 Å². The van der Waals surface area contributed by atoms with Crippen LogP contribution in [0.1, 0.15) is 11.1 Å². The molecule has 196 valence electrons. The molecule has 0 radical (unpaired) electrons. The second kappa shape index (κ2) is 13.9. The first-order chi connectivity index (χ1) is 17.9. The fraction of sp³-hybridized carbons (Fsp3) is 0.286. The summed E-state index contributed by atoms with van der Waals surface area (Å²) < 4.78 is 16.8. The first kappa shape index (κ1) is 27.5. The van der Waals surface area contributed by atoms with Crippen LogP contribution in [0.4, 0.5) is 0 Å². The van der Waals surface area contributed by atoms with Gasteiger partial charge in [-0.3, -0.25) is 9.80 Å². The summed E-state index contributed by atoms with van der Waals surface area (Å²) in [7, 11) is 3.35. The Hall–Kier alpha value is -4.08. The lowest BCUT2D eigenvalue weighted by atomic mass is 10.1. The molecular weight excluding hydrogens is 476 g/mol. The second-order valence-corrected chi connectivity index (χ2v) is 8.41. The summed E-state index contributed by atoms with van der Waals surface area (Å²) in [5, 5.41) is 14.8. The molecule has 9 heteroatoms. The van der Waals surface area contributed by atoms with E-state index >= 15 is 0 Å². The van der Waals surface area contributed by atoms with Crippen LogP contribution in [0, 0.1) is 0 Å². The molecule has 0 bridgehead atoms. The minimum atomic E-state index is -1.82. The number of para-hydroxylation sites is 1. The molecule has 2 N–H and O–H groups in total. The number of hydrogen-bond acceptors (Lipinski definition) is 7. The van der Waals surface area contributed by atoms with Gasteiger partial charge in [0.1, 0.15) is 11.5 Å². The van der Waals surface area contributed by atoms with Gasteiger partial charge in [0.2, 0.25) is 0 Å². The van der Waals surface area contributed by atoms with Gasteiger partial charge in [-0.2, -0.15) is 0 Å². The number of ether oxygens (including phenoxy) is 3. The zero-order valence-electron chi connectivity index (χ0n) is 21.0. The van der Waals surface area contributed by atoms with E-state index in [-0.39, 0.29) is 0 Å². The average molecular weight is 509 g/mol. The molecule has 0 aliphatic carbocycles. The smallest absolute Gasteiger partial charge is 0.414 e. The Morgan fingerprint density at radius 1 is 0.676 bits per heavy atom. The highest BCUT2D eigenvalue weighted by Gasteiger charge is 2.18. The van der Waals surface area contributed by atoms with Gasteiger partial charge in [-0.1, -0.05) is 36.4 Å². The van der Waals surface area contributed by atoms with Crippen molar-refractivity contribution in [1.29, 1.82) is 0 Å². The lowest BCUT2D eigenvalue weighted by Gasteiger charge is -2.34. The van der Waals surface area contributed by atoms with Crippen molar-refractivity contribution < 1.29 is 34.0 Å². The van der Waals surface area contributed by atoms with Crippen molar-refractivity contribution in [1.82, 2.24) is 9.80 Å². The van der Waals surface area contributed by atoms with Crippen LogP contribution in [0.2, 0.25) is 0 Å². The van der Waals surface area contributed by atoms with Gasteiger partial charge in [0.25, 0.3) is 0 Å². The van der Waals surface area contributed by atoms with Crippen LogP contribution in [0.25, 0.3) is 0 Å².